The van der Waals surface area contributed by atoms with Crippen molar-refractivity contribution >= 4 is 11.8 Å². The second-order valence-electron chi connectivity index (χ2n) is 6.56. The van der Waals surface area contributed by atoms with Gasteiger partial charge in [-0.25, -0.2) is 4.98 Å². The lowest BCUT2D eigenvalue weighted by Gasteiger charge is -2.33. The van der Waals surface area contributed by atoms with Crippen LogP contribution in [0.15, 0.2) is 6.20 Å². The molecule has 0 bridgehead atoms. The summed E-state index contributed by atoms with van der Waals surface area (Å²) in [5.41, 5.74) is 0.771. The fourth-order valence-corrected chi connectivity index (χ4v) is 3.24. The van der Waals surface area contributed by atoms with Crippen molar-refractivity contribution in [3.05, 3.63) is 17.7 Å². The SMILES string of the molecule is CCOCC(=O)N1CCn2cc(CC(=O)NC3CCC3)nc2[C@H]1C. The van der Waals surface area contributed by atoms with Crippen molar-refractivity contribution in [2.45, 2.75) is 58.2 Å². The molecule has 1 atom stereocenters. The van der Waals surface area contributed by atoms with Gasteiger partial charge in [0.1, 0.15) is 12.4 Å². The van der Waals surface area contributed by atoms with Crippen LogP contribution in [0.5, 0.6) is 0 Å². The maximum atomic E-state index is 12.2. The normalized spacial score (nSPS) is 20.4. The minimum Gasteiger partial charge on any atom is -0.372 e. The van der Waals surface area contributed by atoms with Crippen LogP contribution < -0.4 is 5.32 Å². The molecule has 1 saturated carbocycles. The molecule has 7 heteroatoms. The van der Waals surface area contributed by atoms with E-state index in [4.69, 9.17) is 4.74 Å². The summed E-state index contributed by atoms with van der Waals surface area (Å²) >= 11 is 0. The molecule has 2 aliphatic rings. The lowest BCUT2D eigenvalue weighted by Crippen LogP contribution is -2.42. The van der Waals surface area contributed by atoms with Gasteiger partial charge in [0.15, 0.2) is 0 Å². The molecule has 1 N–H and O–H groups in total. The van der Waals surface area contributed by atoms with Crippen molar-refractivity contribution in [3.63, 3.8) is 0 Å². The molecule has 1 aromatic heterocycles. The van der Waals surface area contributed by atoms with Gasteiger partial charge in [-0.2, -0.15) is 0 Å². The van der Waals surface area contributed by atoms with Crippen molar-refractivity contribution in [1.82, 2.24) is 19.8 Å². The predicted octanol–water partition coefficient (Wildman–Crippen LogP) is 1.03. The van der Waals surface area contributed by atoms with Crippen LogP contribution >= 0.6 is 0 Å². The van der Waals surface area contributed by atoms with Crippen molar-refractivity contribution in [3.8, 4) is 0 Å². The Hall–Kier alpha value is -1.89. The van der Waals surface area contributed by atoms with Crippen LogP contribution in [0.4, 0.5) is 0 Å². The number of hydrogen-bond donors (Lipinski definition) is 1. The van der Waals surface area contributed by atoms with Crippen LogP contribution in [0.3, 0.4) is 0 Å². The Morgan fingerprint density at radius 1 is 1.38 bits per heavy atom. The molecule has 0 radical (unpaired) electrons. The molecule has 132 valence electrons. The third-order valence-corrected chi connectivity index (χ3v) is 4.84. The lowest BCUT2D eigenvalue weighted by molar-refractivity contribution is -0.139. The zero-order valence-electron chi connectivity index (χ0n) is 14.5. The van der Waals surface area contributed by atoms with Gasteiger partial charge in [-0.1, -0.05) is 0 Å². The van der Waals surface area contributed by atoms with Gasteiger partial charge in [-0.05, 0) is 33.1 Å². The maximum absolute atomic E-state index is 12.2. The second-order valence-corrected chi connectivity index (χ2v) is 6.56. The van der Waals surface area contributed by atoms with E-state index < -0.39 is 0 Å². The van der Waals surface area contributed by atoms with Gasteiger partial charge < -0.3 is 19.5 Å². The summed E-state index contributed by atoms with van der Waals surface area (Å²) in [6.07, 6.45) is 5.61. The molecule has 1 aliphatic carbocycles. The molecule has 0 saturated heterocycles. The molecule has 0 unspecified atom stereocenters. The number of carbonyl (C=O) groups is 2. The summed E-state index contributed by atoms with van der Waals surface area (Å²) in [6, 6.07) is 0.246. The number of imidazole rings is 1. The van der Waals surface area contributed by atoms with E-state index in [1.54, 1.807) is 4.90 Å². The molecule has 1 fully saturated rings. The number of nitrogens with one attached hydrogen (secondary N) is 1. The lowest BCUT2D eigenvalue weighted by atomic mass is 9.93. The van der Waals surface area contributed by atoms with Gasteiger partial charge in [0, 0.05) is 31.9 Å². The molecule has 0 aromatic carbocycles. The van der Waals surface area contributed by atoms with Gasteiger partial charge in [0.25, 0.3) is 0 Å². The maximum Gasteiger partial charge on any atom is 0.249 e. The Bertz CT molecular complexity index is 609. The highest BCUT2D eigenvalue weighted by Gasteiger charge is 2.30. The molecule has 2 heterocycles. The summed E-state index contributed by atoms with van der Waals surface area (Å²) in [4.78, 5) is 30.7. The first-order valence-electron chi connectivity index (χ1n) is 8.81. The standard InChI is InChI=1S/C17H26N4O3/c1-3-24-11-16(23)21-8-7-20-10-14(19-17(20)12(21)2)9-15(22)18-13-5-4-6-13/h10,12-13H,3-9,11H2,1-2H3,(H,18,22)/t12-/m1/s1. The summed E-state index contributed by atoms with van der Waals surface area (Å²) in [7, 11) is 0. The van der Waals surface area contributed by atoms with E-state index in [2.05, 4.69) is 14.9 Å². The van der Waals surface area contributed by atoms with Crippen molar-refractivity contribution in [1.29, 1.82) is 0 Å². The number of nitrogens with zero attached hydrogens (tertiary/aromatic N) is 3. The zero-order chi connectivity index (χ0) is 17.1. The molecular formula is C17H26N4O3. The first-order chi connectivity index (χ1) is 11.6. The van der Waals surface area contributed by atoms with Crippen LogP contribution in [0.2, 0.25) is 0 Å². The number of carbonyl (C=O) groups excluding carboxylic acids is 2. The van der Waals surface area contributed by atoms with E-state index in [1.165, 1.54) is 6.42 Å². The number of fused-ring (bicyclic) bond motifs is 1. The molecule has 1 aromatic rings. The summed E-state index contributed by atoms with van der Waals surface area (Å²) < 4.78 is 7.28. The fraction of sp³-hybridized carbons (Fsp3) is 0.706. The first kappa shape index (κ1) is 17.0. The Kier molecular flexibility index (Phi) is 5.18. The highest BCUT2D eigenvalue weighted by atomic mass is 16.5. The molecule has 7 nitrogen and oxygen atoms in total. The van der Waals surface area contributed by atoms with Crippen LogP contribution in [-0.4, -0.2) is 52.1 Å². The molecule has 24 heavy (non-hydrogen) atoms. The second kappa shape index (κ2) is 7.34. The third-order valence-electron chi connectivity index (χ3n) is 4.84. The molecule has 0 spiro atoms. The number of amides is 2. The molecule has 3 rings (SSSR count). The first-order valence-corrected chi connectivity index (χ1v) is 8.81. The fourth-order valence-electron chi connectivity index (χ4n) is 3.24. The van der Waals surface area contributed by atoms with Crippen molar-refractivity contribution < 1.29 is 14.3 Å². The van der Waals surface area contributed by atoms with E-state index in [0.717, 1.165) is 24.4 Å². The predicted molar refractivity (Wildman–Crippen MR) is 88.3 cm³/mol. The van der Waals surface area contributed by atoms with Crippen LogP contribution in [0.25, 0.3) is 0 Å². The molecular weight excluding hydrogens is 308 g/mol. The quantitative estimate of drug-likeness (QED) is 0.843. The van der Waals surface area contributed by atoms with Gasteiger partial charge in [0.2, 0.25) is 11.8 Å². The highest BCUT2D eigenvalue weighted by molar-refractivity contribution is 5.79. The topological polar surface area (TPSA) is 76.5 Å². The van der Waals surface area contributed by atoms with Gasteiger partial charge >= 0.3 is 0 Å². The van der Waals surface area contributed by atoms with Gasteiger partial charge in [-0.15, -0.1) is 0 Å². The van der Waals surface area contributed by atoms with Crippen molar-refractivity contribution in [2.24, 2.45) is 0 Å². The summed E-state index contributed by atoms with van der Waals surface area (Å²) in [5, 5.41) is 3.04. The van der Waals surface area contributed by atoms with E-state index in [1.807, 2.05) is 20.0 Å². The third kappa shape index (κ3) is 3.61. The largest absolute Gasteiger partial charge is 0.372 e. The monoisotopic (exact) mass is 334 g/mol. The average molecular weight is 334 g/mol. The van der Waals surface area contributed by atoms with E-state index in [-0.39, 0.29) is 24.5 Å². The molecule has 1 aliphatic heterocycles. The zero-order valence-corrected chi connectivity index (χ0v) is 14.5. The van der Waals surface area contributed by atoms with Crippen LogP contribution in [-0.2, 0) is 27.3 Å². The minimum atomic E-state index is -0.102. The Labute approximate surface area is 142 Å². The highest BCUT2D eigenvalue weighted by Crippen LogP contribution is 2.25. The number of ether oxygens (including phenoxy) is 1. The van der Waals surface area contributed by atoms with E-state index >= 15 is 0 Å². The summed E-state index contributed by atoms with van der Waals surface area (Å²) in [6.45, 7) is 5.83. The van der Waals surface area contributed by atoms with Gasteiger partial charge in [-0.3, -0.25) is 9.59 Å². The van der Waals surface area contributed by atoms with E-state index in [0.29, 0.717) is 32.2 Å². The van der Waals surface area contributed by atoms with Crippen molar-refractivity contribution in [2.75, 3.05) is 19.8 Å². The Morgan fingerprint density at radius 3 is 2.83 bits per heavy atom. The average Bonchev–Trinajstić information content (AvgIpc) is 2.92. The van der Waals surface area contributed by atoms with E-state index in [9.17, 15) is 9.59 Å². The Morgan fingerprint density at radius 2 is 2.17 bits per heavy atom. The molecule has 2 amide bonds. The number of rotatable bonds is 6. The number of aromatic nitrogens is 2. The smallest absolute Gasteiger partial charge is 0.249 e. The van der Waals surface area contributed by atoms with Crippen LogP contribution in [0, 0.1) is 0 Å². The van der Waals surface area contributed by atoms with Crippen LogP contribution in [0.1, 0.15) is 50.7 Å². The summed E-state index contributed by atoms with van der Waals surface area (Å²) in [5.74, 6) is 0.868. The van der Waals surface area contributed by atoms with Gasteiger partial charge in [0.05, 0.1) is 18.2 Å². The number of hydrogen-bond acceptors (Lipinski definition) is 4. The minimum absolute atomic E-state index is 0.0112. The Balaban J connectivity index is 1.62.